The van der Waals surface area contributed by atoms with Gasteiger partial charge in [-0.1, -0.05) is 6.07 Å². The predicted octanol–water partition coefficient (Wildman–Crippen LogP) is 4.14. The molecule has 0 bridgehead atoms. The van der Waals surface area contributed by atoms with E-state index in [1.807, 2.05) is 6.07 Å². The van der Waals surface area contributed by atoms with E-state index in [1.54, 1.807) is 31.1 Å². The first kappa shape index (κ1) is 17.6. The summed E-state index contributed by atoms with van der Waals surface area (Å²) in [4.78, 5) is 18.5. The highest BCUT2D eigenvalue weighted by Gasteiger charge is 2.33. The number of thioether (sulfide) groups is 1. The van der Waals surface area contributed by atoms with Gasteiger partial charge in [0, 0.05) is 11.1 Å². The van der Waals surface area contributed by atoms with E-state index in [1.165, 1.54) is 17.8 Å². The lowest BCUT2D eigenvalue weighted by Crippen LogP contribution is -2.39. The molecular formula is C17H15F3N2O2S. The SMILES string of the molecule is COc1ccc2c(c1)SC(C)C(=O)N2Cc1ccc(C(F)(F)F)nc1. The number of benzene rings is 1. The molecule has 3 rings (SSSR count). The molecule has 25 heavy (non-hydrogen) atoms. The Labute approximate surface area is 147 Å². The molecule has 1 atom stereocenters. The summed E-state index contributed by atoms with van der Waals surface area (Å²) in [6.45, 7) is 1.96. The number of amides is 1. The number of pyridine rings is 1. The zero-order valence-electron chi connectivity index (χ0n) is 13.5. The highest BCUT2D eigenvalue weighted by molar-refractivity contribution is 8.01. The number of nitrogens with zero attached hydrogens (tertiary/aromatic N) is 2. The van der Waals surface area contributed by atoms with Crippen molar-refractivity contribution in [3.63, 3.8) is 0 Å². The first-order valence-electron chi connectivity index (χ1n) is 7.48. The van der Waals surface area contributed by atoms with Crippen molar-refractivity contribution in [1.29, 1.82) is 0 Å². The van der Waals surface area contributed by atoms with Gasteiger partial charge in [0.15, 0.2) is 0 Å². The Morgan fingerprint density at radius 2 is 2.04 bits per heavy atom. The summed E-state index contributed by atoms with van der Waals surface area (Å²) < 4.78 is 43.1. The van der Waals surface area contributed by atoms with E-state index in [2.05, 4.69) is 4.98 Å². The average Bonchev–Trinajstić information content (AvgIpc) is 2.58. The number of halogens is 3. The largest absolute Gasteiger partial charge is 0.497 e. The quantitative estimate of drug-likeness (QED) is 0.817. The number of rotatable bonds is 3. The summed E-state index contributed by atoms with van der Waals surface area (Å²) in [5.74, 6) is 0.589. The number of hydrogen-bond acceptors (Lipinski definition) is 4. The van der Waals surface area contributed by atoms with Gasteiger partial charge in [-0.05, 0) is 36.8 Å². The van der Waals surface area contributed by atoms with Crippen LogP contribution < -0.4 is 9.64 Å². The average molecular weight is 368 g/mol. The molecule has 0 saturated heterocycles. The molecule has 1 amide bonds. The van der Waals surface area contributed by atoms with Crippen LogP contribution in [-0.4, -0.2) is 23.3 Å². The van der Waals surface area contributed by atoms with Gasteiger partial charge in [-0.2, -0.15) is 13.2 Å². The molecule has 0 radical (unpaired) electrons. The Kier molecular flexibility index (Phi) is 4.64. The summed E-state index contributed by atoms with van der Waals surface area (Å²) in [6, 6.07) is 7.65. The predicted molar refractivity (Wildman–Crippen MR) is 88.7 cm³/mol. The molecule has 0 N–H and O–H groups in total. The van der Waals surface area contributed by atoms with Gasteiger partial charge in [0.05, 0.1) is 24.6 Å². The van der Waals surface area contributed by atoms with Crippen LogP contribution in [0.1, 0.15) is 18.2 Å². The Morgan fingerprint density at radius 3 is 2.64 bits per heavy atom. The molecule has 1 unspecified atom stereocenters. The van der Waals surface area contributed by atoms with Crippen molar-refractivity contribution >= 4 is 23.4 Å². The van der Waals surface area contributed by atoms with Gasteiger partial charge in [0.25, 0.3) is 0 Å². The third kappa shape index (κ3) is 3.58. The number of carbonyl (C=O) groups is 1. The molecule has 1 aliphatic heterocycles. The maximum Gasteiger partial charge on any atom is 0.433 e. The molecule has 2 heterocycles. The molecule has 1 aromatic heterocycles. The van der Waals surface area contributed by atoms with E-state index in [-0.39, 0.29) is 17.7 Å². The monoisotopic (exact) mass is 368 g/mol. The van der Waals surface area contributed by atoms with E-state index in [9.17, 15) is 18.0 Å². The van der Waals surface area contributed by atoms with Crippen LogP contribution in [0.3, 0.4) is 0 Å². The van der Waals surface area contributed by atoms with Crippen LogP contribution in [0, 0.1) is 0 Å². The first-order chi connectivity index (χ1) is 11.8. The molecule has 0 aliphatic carbocycles. The molecular weight excluding hydrogens is 353 g/mol. The Hall–Kier alpha value is -2.22. The lowest BCUT2D eigenvalue weighted by atomic mass is 10.2. The molecule has 1 aromatic carbocycles. The van der Waals surface area contributed by atoms with Gasteiger partial charge >= 0.3 is 6.18 Å². The fourth-order valence-electron chi connectivity index (χ4n) is 2.55. The lowest BCUT2D eigenvalue weighted by molar-refractivity contribution is -0.141. The highest BCUT2D eigenvalue weighted by atomic mass is 32.2. The molecule has 8 heteroatoms. The number of aromatic nitrogens is 1. The van der Waals surface area contributed by atoms with E-state index in [4.69, 9.17) is 4.74 Å². The Balaban J connectivity index is 1.90. The van der Waals surface area contributed by atoms with Gasteiger partial charge in [0.1, 0.15) is 11.4 Å². The minimum Gasteiger partial charge on any atom is -0.497 e. The van der Waals surface area contributed by atoms with E-state index in [0.29, 0.717) is 17.0 Å². The molecule has 0 fully saturated rings. The molecule has 1 aliphatic rings. The van der Waals surface area contributed by atoms with Gasteiger partial charge < -0.3 is 9.64 Å². The molecule has 0 saturated carbocycles. The number of methoxy groups -OCH3 is 1. The number of fused-ring (bicyclic) bond motifs is 1. The minimum atomic E-state index is -4.48. The summed E-state index contributed by atoms with van der Waals surface area (Å²) in [5, 5.41) is -0.290. The molecule has 2 aromatic rings. The standard InChI is InChI=1S/C17H15F3N2O2S/c1-10-16(23)22(13-5-4-12(24-2)7-14(13)25-10)9-11-3-6-15(21-8-11)17(18,19)20/h3-8,10H,9H2,1-2H3. The third-order valence-electron chi connectivity index (χ3n) is 3.83. The summed E-state index contributed by atoms with van der Waals surface area (Å²) in [6.07, 6.45) is -3.32. The normalized spacial score (nSPS) is 17.4. The van der Waals surface area contributed by atoms with E-state index >= 15 is 0 Å². The summed E-state index contributed by atoms with van der Waals surface area (Å²) in [5.41, 5.74) is 0.297. The van der Waals surface area contributed by atoms with Crippen LogP contribution in [0.5, 0.6) is 5.75 Å². The second-order valence-corrected chi connectivity index (χ2v) is 6.95. The first-order valence-corrected chi connectivity index (χ1v) is 8.36. The van der Waals surface area contributed by atoms with Crippen molar-refractivity contribution in [3.05, 3.63) is 47.8 Å². The van der Waals surface area contributed by atoms with Crippen LogP contribution >= 0.6 is 11.8 Å². The van der Waals surface area contributed by atoms with Crippen LogP contribution in [0.15, 0.2) is 41.4 Å². The van der Waals surface area contributed by atoms with Crippen LogP contribution in [-0.2, 0) is 17.5 Å². The van der Waals surface area contributed by atoms with Gasteiger partial charge in [-0.3, -0.25) is 9.78 Å². The fraction of sp³-hybridized carbons (Fsp3) is 0.294. The third-order valence-corrected chi connectivity index (χ3v) is 4.97. The maximum absolute atomic E-state index is 12.6. The van der Waals surface area contributed by atoms with Crippen LogP contribution in [0.25, 0.3) is 0 Å². The Morgan fingerprint density at radius 1 is 1.28 bits per heavy atom. The molecule has 0 spiro atoms. The van der Waals surface area contributed by atoms with E-state index in [0.717, 1.165) is 17.2 Å². The van der Waals surface area contributed by atoms with Crippen LogP contribution in [0.2, 0.25) is 0 Å². The van der Waals surface area contributed by atoms with Crippen molar-refractivity contribution in [2.75, 3.05) is 12.0 Å². The Bertz CT molecular complexity index is 793. The van der Waals surface area contributed by atoms with Crippen molar-refractivity contribution in [2.45, 2.75) is 29.8 Å². The zero-order valence-corrected chi connectivity index (χ0v) is 14.3. The van der Waals surface area contributed by atoms with Gasteiger partial charge in [0.2, 0.25) is 5.91 Å². The topological polar surface area (TPSA) is 42.4 Å². The number of carbonyl (C=O) groups excluding carboxylic acids is 1. The van der Waals surface area contributed by atoms with Crippen molar-refractivity contribution < 1.29 is 22.7 Å². The number of ether oxygens (including phenoxy) is 1. The van der Waals surface area contributed by atoms with Crippen LogP contribution in [0.4, 0.5) is 18.9 Å². The number of alkyl halides is 3. The second-order valence-electron chi connectivity index (χ2n) is 5.57. The smallest absolute Gasteiger partial charge is 0.433 e. The summed E-state index contributed by atoms with van der Waals surface area (Å²) >= 11 is 1.43. The summed E-state index contributed by atoms with van der Waals surface area (Å²) in [7, 11) is 1.56. The molecule has 4 nitrogen and oxygen atoms in total. The minimum absolute atomic E-state index is 0.0948. The maximum atomic E-state index is 12.6. The molecule has 132 valence electrons. The number of anilines is 1. The van der Waals surface area contributed by atoms with E-state index < -0.39 is 11.9 Å². The highest BCUT2D eigenvalue weighted by Crippen LogP contribution is 2.41. The van der Waals surface area contributed by atoms with Gasteiger partial charge in [-0.25, -0.2) is 0 Å². The van der Waals surface area contributed by atoms with Crippen molar-refractivity contribution in [3.8, 4) is 5.75 Å². The fourth-order valence-corrected chi connectivity index (χ4v) is 3.64. The zero-order chi connectivity index (χ0) is 18.2. The second kappa shape index (κ2) is 6.59. The van der Waals surface area contributed by atoms with Crippen molar-refractivity contribution in [1.82, 2.24) is 4.98 Å². The number of hydrogen-bond donors (Lipinski definition) is 0. The lowest BCUT2D eigenvalue weighted by Gasteiger charge is -2.32. The van der Waals surface area contributed by atoms with Gasteiger partial charge in [-0.15, -0.1) is 11.8 Å². The van der Waals surface area contributed by atoms with Crippen molar-refractivity contribution in [2.24, 2.45) is 0 Å².